The highest BCUT2D eigenvalue weighted by Gasteiger charge is 2.39. The van der Waals surface area contributed by atoms with Crippen LogP contribution < -0.4 is 11.1 Å². The third-order valence-electron chi connectivity index (χ3n) is 3.34. The lowest BCUT2D eigenvalue weighted by atomic mass is 9.85. The molecular formula is C10H22N2. The highest BCUT2D eigenvalue weighted by Crippen LogP contribution is 2.36. The molecule has 3 N–H and O–H groups in total. The first-order valence-corrected chi connectivity index (χ1v) is 5.24. The molecule has 1 fully saturated rings. The van der Waals surface area contributed by atoms with Crippen molar-refractivity contribution in [3.63, 3.8) is 0 Å². The van der Waals surface area contributed by atoms with E-state index in [-0.39, 0.29) is 5.54 Å². The van der Waals surface area contributed by atoms with Crippen LogP contribution in [0.15, 0.2) is 0 Å². The largest absolute Gasteiger partial charge is 0.329 e. The highest BCUT2D eigenvalue weighted by atomic mass is 15.0. The van der Waals surface area contributed by atoms with Crippen molar-refractivity contribution < 1.29 is 0 Å². The average Bonchev–Trinajstić information content (AvgIpc) is 2.49. The van der Waals surface area contributed by atoms with Crippen molar-refractivity contribution in [2.75, 3.05) is 13.1 Å². The lowest BCUT2D eigenvalue weighted by Gasteiger charge is -2.35. The molecule has 0 aromatic rings. The summed E-state index contributed by atoms with van der Waals surface area (Å²) in [7, 11) is 0. The lowest BCUT2D eigenvalue weighted by molar-refractivity contribution is 0.250. The van der Waals surface area contributed by atoms with Crippen LogP contribution in [-0.4, -0.2) is 18.6 Å². The van der Waals surface area contributed by atoms with Gasteiger partial charge in [0.15, 0.2) is 0 Å². The van der Waals surface area contributed by atoms with E-state index in [1.807, 2.05) is 0 Å². The summed E-state index contributed by atoms with van der Waals surface area (Å²) in [5.41, 5.74) is 6.14. The summed E-state index contributed by atoms with van der Waals surface area (Å²) in [6, 6.07) is 0. The van der Waals surface area contributed by atoms with Crippen LogP contribution in [0.2, 0.25) is 0 Å². The van der Waals surface area contributed by atoms with E-state index < -0.39 is 0 Å². The molecule has 2 heteroatoms. The second-order valence-corrected chi connectivity index (χ2v) is 3.89. The molecule has 0 bridgehead atoms. The van der Waals surface area contributed by atoms with Crippen LogP contribution in [0.5, 0.6) is 0 Å². The van der Waals surface area contributed by atoms with Crippen molar-refractivity contribution in [2.24, 2.45) is 11.7 Å². The third kappa shape index (κ3) is 1.64. The van der Waals surface area contributed by atoms with E-state index in [4.69, 9.17) is 5.73 Å². The van der Waals surface area contributed by atoms with E-state index >= 15 is 0 Å². The fourth-order valence-electron chi connectivity index (χ4n) is 2.66. The molecule has 0 aliphatic heterocycles. The molecule has 2 nitrogen and oxygen atoms in total. The molecule has 0 saturated heterocycles. The Morgan fingerprint density at radius 3 is 2.75 bits per heavy atom. The van der Waals surface area contributed by atoms with Crippen molar-refractivity contribution in [1.82, 2.24) is 5.32 Å². The fourth-order valence-corrected chi connectivity index (χ4v) is 2.66. The second kappa shape index (κ2) is 4.24. The number of nitrogens with one attached hydrogen (secondary N) is 1. The lowest BCUT2D eigenvalue weighted by Crippen LogP contribution is -2.53. The van der Waals surface area contributed by atoms with E-state index in [2.05, 4.69) is 19.2 Å². The summed E-state index contributed by atoms with van der Waals surface area (Å²) in [6.45, 7) is 6.30. The topological polar surface area (TPSA) is 38.0 Å². The molecule has 1 aliphatic carbocycles. The van der Waals surface area contributed by atoms with Gasteiger partial charge in [0.2, 0.25) is 0 Å². The van der Waals surface area contributed by atoms with Crippen molar-refractivity contribution in [3.8, 4) is 0 Å². The molecule has 0 aromatic carbocycles. The zero-order chi connectivity index (χ0) is 9.03. The molecule has 72 valence electrons. The number of hydrogen-bond acceptors (Lipinski definition) is 2. The maximum absolute atomic E-state index is 5.86. The van der Waals surface area contributed by atoms with Gasteiger partial charge in [0.05, 0.1) is 0 Å². The van der Waals surface area contributed by atoms with Crippen LogP contribution in [0.3, 0.4) is 0 Å². The number of nitrogens with two attached hydrogens (primary N) is 1. The van der Waals surface area contributed by atoms with Gasteiger partial charge in [0.1, 0.15) is 0 Å². The minimum Gasteiger partial charge on any atom is -0.329 e. The summed E-state index contributed by atoms with van der Waals surface area (Å²) in [5.74, 6) is 0.808. The van der Waals surface area contributed by atoms with Crippen LogP contribution in [0.4, 0.5) is 0 Å². The Balaban J connectivity index is 2.61. The molecule has 1 saturated carbocycles. The maximum atomic E-state index is 5.86. The van der Waals surface area contributed by atoms with E-state index in [0.29, 0.717) is 0 Å². The Labute approximate surface area is 75.9 Å². The molecule has 0 amide bonds. The SMILES string of the molecule is CCNC1(CN)CCCC1CC. The Morgan fingerprint density at radius 2 is 2.25 bits per heavy atom. The van der Waals surface area contributed by atoms with E-state index in [9.17, 15) is 0 Å². The second-order valence-electron chi connectivity index (χ2n) is 3.89. The molecule has 2 unspecified atom stereocenters. The van der Waals surface area contributed by atoms with Gasteiger partial charge in [-0.3, -0.25) is 0 Å². The molecule has 0 heterocycles. The minimum absolute atomic E-state index is 0.281. The molecule has 0 radical (unpaired) electrons. The van der Waals surface area contributed by atoms with Gasteiger partial charge in [-0.1, -0.05) is 26.7 Å². The van der Waals surface area contributed by atoms with Crippen LogP contribution in [0.25, 0.3) is 0 Å². The monoisotopic (exact) mass is 170 g/mol. The van der Waals surface area contributed by atoms with Crippen LogP contribution in [0.1, 0.15) is 39.5 Å². The summed E-state index contributed by atoms with van der Waals surface area (Å²) >= 11 is 0. The Bertz CT molecular complexity index is 136. The van der Waals surface area contributed by atoms with Crippen molar-refractivity contribution in [1.29, 1.82) is 0 Å². The van der Waals surface area contributed by atoms with E-state index in [1.165, 1.54) is 25.7 Å². The van der Waals surface area contributed by atoms with Crippen LogP contribution in [0, 0.1) is 5.92 Å². The first-order valence-electron chi connectivity index (χ1n) is 5.24. The quantitative estimate of drug-likeness (QED) is 0.671. The molecule has 1 rings (SSSR count). The number of rotatable bonds is 4. The summed E-state index contributed by atoms with van der Waals surface area (Å²) < 4.78 is 0. The first-order chi connectivity index (χ1) is 5.79. The van der Waals surface area contributed by atoms with Gasteiger partial charge in [0, 0.05) is 12.1 Å². The summed E-state index contributed by atoms with van der Waals surface area (Å²) in [5, 5.41) is 3.58. The Morgan fingerprint density at radius 1 is 1.50 bits per heavy atom. The molecule has 2 atom stereocenters. The smallest absolute Gasteiger partial charge is 0.0332 e. The van der Waals surface area contributed by atoms with Gasteiger partial charge in [0.25, 0.3) is 0 Å². The molecule has 12 heavy (non-hydrogen) atoms. The Kier molecular flexibility index (Phi) is 3.53. The third-order valence-corrected chi connectivity index (χ3v) is 3.34. The van der Waals surface area contributed by atoms with Gasteiger partial charge in [-0.25, -0.2) is 0 Å². The standard InChI is InChI=1S/C10H22N2/c1-3-9-6-5-7-10(9,8-11)12-4-2/h9,12H,3-8,11H2,1-2H3. The van der Waals surface area contributed by atoms with Gasteiger partial charge >= 0.3 is 0 Å². The maximum Gasteiger partial charge on any atom is 0.0332 e. The predicted octanol–water partition coefficient (Wildman–Crippen LogP) is 1.50. The number of likely N-dealkylation sites (N-methyl/N-ethyl adjacent to an activating group) is 1. The van der Waals surface area contributed by atoms with Gasteiger partial charge < -0.3 is 11.1 Å². The van der Waals surface area contributed by atoms with Crippen LogP contribution in [-0.2, 0) is 0 Å². The molecular weight excluding hydrogens is 148 g/mol. The molecule has 0 aromatic heterocycles. The summed E-state index contributed by atoms with van der Waals surface area (Å²) in [4.78, 5) is 0. The van der Waals surface area contributed by atoms with Crippen molar-refractivity contribution in [2.45, 2.75) is 45.1 Å². The Hall–Kier alpha value is -0.0800. The van der Waals surface area contributed by atoms with Crippen molar-refractivity contribution >= 4 is 0 Å². The van der Waals surface area contributed by atoms with Gasteiger partial charge in [-0.15, -0.1) is 0 Å². The number of hydrogen-bond donors (Lipinski definition) is 2. The first kappa shape index (κ1) is 10.0. The van der Waals surface area contributed by atoms with Gasteiger partial charge in [-0.2, -0.15) is 0 Å². The minimum atomic E-state index is 0.281. The zero-order valence-electron chi connectivity index (χ0n) is 8.40. The van der Waals surface area contributed by atoms with Gasteiger partial charge in [-0.05, 0) is 25.3 Å². The molecule has 1 aliphatic rings. The predicted molar refractivity (Wildman–Crippen MR) is 53.1 cm³/mol. The van der Waals surface area contributed by atoms with Crippen LogP contribution >= 0.6 is 0 Å². The zero-order valence-corrected chi connectivity index (χ0v) is 8.40. The van der Waals surface area contributed by atoms with E-state index in [0.717, 1.165) is 19.0 Å². The fraction of sp³-hybridized carbons (Fsp3) is 1.00. The van der Waals surface area contributed by atoms with Crippen molar-refractivity contribution in [3.05, 3.63) is 0 Å². The average molecular weight is 170 g/mol. The summed E-state index contributed by atoms with van der Waals surface area (Å²) in [6.07, 6.45) is 5.25. The van der Waals surface area contributed by atoms with E-state index in [1.54, 1.807) is 0 Å². The normalized spacial score (nSPS) is 35.8. The molecule has 0 spiro atoms. The highest BCUT2D eigenvalue weighted by molar-refractivity contribution is 4.99.